The molecule has 36 heavy (non-hydrogen) atoms. The molecule has 1 aliphatic carbocycles. The van der Waals surface area contributed by atoms with E-state index in [0.717, 1.165) is 39.4 Å². The minimum absolute atomic E-state index is 0.326. The molecule has 0 aliphatic heterocycles. The number of hydrogen-bond donors (Lipinski definition) is 0. The molecule has 5 rings (SSSR count). The van der Waals surface area contributed by atoms with E-state index in [2.05, 4.69) is 88.4 Å². The van der Waals surface area contributed by atoms with Crippen LogP contribution >= 0.6 is 23.2 Å². The summed E-state index contributed by atoms with van der Waals surface area (Å²) in [6.07, 6.45) is 0. The van der Waals surface area contributed by atoms with E-state index in [1.165, 1.54) is 11.1 Å². The molecule has 0 heterocycles. The Morgan fingerprint density at radius 2 is 0.861 bits per heavy atom. The fourth-order valence-corrected chi connectivity index (χ4v) is 5.27. The van der Waals surface area contributed by atoms with Crippen LogP contribution in [0.3, 0.4) is 0 Å². The van der Waals surface area contributed by atoms with Gasteiger partial charge >= 0.3 is 0 Å². The Kier molecular flexibility index (Phi) is 6.83. The molecule has 0 saturated carbocycles. The zero-order chi connectivity index (χ0) is 25.4. The van der Waals surface area contributed by atoms with Crippen LogP contribution in [0.1, 0.15) is 61.8 Å². The normalized spacial score (nSPS) is 15.0. The topological polar surface area (TPSA) is 24.7 Å². The third-order valence-corrected chi connectivity index (χ3v) is 7.22. The molecule has 4 aromatic rings. The third-order valence-electron chi connectivity index (χ3n) is 6.61. The Morgan fingerprint density at radius 3 is 1.31 bits per heavy atom. The third kappa shape index (κ3) is 4.40. The standard InChI is InChI=1S/C32H28Cl2N2/c1-19(2)21-15-9-16-22(20(3)4)29(21)35-30-25-13-7-5-11-23(25)24-12-6-8-14-26(24)31(30)36-32-27(33)17-10-18-28(32)34/h5-20H,1-4H3. The molecule has 2 nitrogen and oxygen atoms in total. The highest BCUT2D eigenvalue weighted by Crippen LogP contribution is 2.41. The van der Waals surface area contributed by atoms with Gasteiger partial charge in [-0.1, -0.05) is 124 Å². The summed E-state index contributed by atoms with van der Waals surface area (Å²) < 4.78 is 0. The van der Waals surface area contributed by atoms with Gasteiger partial charge in [-0.25, -0.2) is 9.98 Å². The van der Waals surface area contributed by atoms with Crippen molar-refractivity contribution in [2.75, 3.05) is 0 Å². The van der Waals surface area contributed by atoms with E-state index in [-0.39, 0.29) is 0 Å². The fraction of sp³-hybridized carbons (Fsp3) is 0.188. The number of benzene rings is 4. The van der Waals surface area contributed by atoms with Gasteiger partial charge in [-0.2, -0.15) is 0 Å². The van der Waals surface area contributed by atoms with Crippen molar-refractivity contribution >= 4 is 46.0 Å². The van der Waals surface area contributed by atoms with Crippen LogP contribution < -0.4 is 0 Å². The van der Waals surface area contributed by atoms with Gasteiger partial charge in [0.1, 0.15) is 5.69 Å². The molecule has 180 valence electrons. The maximum absolute atomic E-state index is 6.59. The van der Waals surface area contributed by atoms with Gasteiger partial charge in [0, 0.05) is 11.1 Å². The van der Waals surface area contributed by atoms with E-state index in [1.807, 2.05) is 24.3 Å². The number of aliphatic imine (C=N–C) groups is 2. The molecule has 4 heteroatoms. The van der Waals surface area contributed by atoms with Gasteiger partial charge in [-0.15, -0.1) is 0 Å². The van der Waals surface area contributed by atoms with Crippen molar-refractivity contribution in [1.29, 1.82) is 0 Å². The molecule has 0 unspecified atom stereocenters. The Hall–Kier alpha value is -3.20. The molecule has 0 bridgehead atoms. The highest BCUT2D eigenvalue weighted by atomic mass is 35.5. The van der Waals surface area contributed by atoms with Crippen LogP contribution in [0.25, 0.3) is 11.1 Å². The predicted octanol–water partition coefficient (Wildman–Crippen LogP) is 10.2. The summed E-state index contributed by atoms with van der Waals surface area (Å²) in [6.45, 7) is 8.86. The summed E-state index contributed by atoms with van der Waals surface area (Å²) in [5.74, 6) is 0.653. The largest absolute Gasteiger partial charge is 0.245 e. The Bertz CT molecular complexity index is 1470. The molecule has 0 amide bonds. The zero-order valence-electron chi connectivity index (χ0n) is 20.9. The van der Waals surface area contributed by atoms with Crippen molar-refractivity contribution in [3.63, 3.8) is 0 Å². The number of nitrogens with zero attached hydrogens (tertiary/aromatic N) is 2. The monoisotopic (exact) mass is 510 g/mol. The fourth-order valence-electron chi connectivity index (χ4n) is 4.79. The molecular weight excluding hydrogens is 483 g/mol. The van der Waals surface area contributed by atoms with E-state index in [4.69, 9.17) is 33.2 Å². The van der Waals surface area contributed by atoms with Crippen molar-refractivity contribution in [2.45, 2.75) is 39.5 Å². The lowest BCUT2D eigenvalue weighted by Gasteiger charge is -2.25. The van der Waals surface area contributed by atoms with Crippen LogP contribution in [0.4, 0.5) is 11.4 Å². The van der Waals surface area contributed by atoms with Gasteiger partial charge < -0.3 is 0 Å². The Labute approximate surface area is 223 Å². The quantitative estimate of drug-likeness (QED) is 0.260. The van der Waals surface area contributed by atoms with Crippen molar-refractivity contribution in [2.24, 2.45) is 9.98 Å². The lowest BCUT2D eigenvalue weighted by molar-refractivity contribution is 0.835. The van der Waals surface area contributed by atoms with Crippen molar-refractivity contribution in [3.05, 3.63) is 117 Å². The summed E-state index contributed by atoms with van der Waals surface area (Å²) in [5, 5.41) is 1.02. The van der Waals surface area contributed by atoms with E-state index in [1.54, 1.807) is 0 Å². The molecule has 0 N–H and O–H groups in total. The lowest BCUT2D eigenvalue weighted by Crippen LogP contribution is -2.23. The SMILES string of the molecule is CC(C)c1cccc(C(C)C)c1N=C1C(=Nc2c(Cl)cccc2Cl)c2ccccc2-c2ccccc21. The molecule has 1 aliphatic rings. The molecule has 4 aromatic carbocycles. The summed E-state index contributed by atoms with van der Waals surface area (Å²) in [5.41, 5.74) is 9.94. The van der Waals surface area contributed by atoms with E-state index in [9.17, 15) is 0 Å². The minimum Gasteiger partial charge on any atom is -0.245 e. The summed E-state index contributed by atoms with van der Waals surface area (Å²) in [4.78, 5) is 10.5. The molecule has 0 saturated heterocycles. The first-order chi connectivity index (χ1) is 17.4. The van der Waals surface area contributed by atoms with Crippen LogP contribution in [-0.2, 0) is 0 Å². The first-order valence-corrected chi connectivity index (χ1v) is 13.1. The maximum Gasteiger partial charge on any atom is 0.101 e. The van der Waals surface area contributed by atoms with Gasteiger partial charge in [0.25, 0.3) is 0 Å². The second-order valence-electron chi connectivity index (χ2n) is 9.68. The van der Waals surface area contributed by atoms with Crippen LogP contribution in [0.5, 0.6) is 0 Å². The average molecular weight is 511 g/mol. The van der Waals surface area contributed by atoms with Gasteiger partial charge in [0.15, 0.2) is 0 Å². The molecular formula is C32H28Cl2N2. The smallest absolute Gasteiger partial charge is 0.101 e. The first-order valence-electron chi connectivity index (χ1n) is 12.3. The Morgan fingerprint density at radius 1 is 0.472 bits per heavy atom. The number of halogens is 2. The predicted molar refractivity (Wildman–Crippen MR) is 155 cm³/mol. The van der Waals surface area contributed by atoms with Crippen molar-refractivity contribution in [1.82, 2.24) is 0 Å². The van der Waals surface area contributed by atoms with Gasteiger partial charge in [0.2, 0.25) is 0 Å². The lowest BCUT2D eigenvalue weighted by atomic mass is 9.82. The molecule has 0 fully saturated rings. The minimum atomic E-state index is 0.326. The van der Waals surface area contributed by atoms with Crippen molar-refractivity contribution in [3.8, 4) is 11.1 Å². The second kappa shape index (κ2) is 10.0. The molecule has 0 radical (unpaired) electrons. The number of para-hydroxylation sites is 2. The summed E-state index contributed by atoms with van der Waals surface area (Å²) in [7, 11) is 0. The van der Waals surface area contributed by atoms with Gasteiger partial charge in [0.05, 0.1) is 27.2 Å². The first kappa shape index (κ1) is 24.5. The van der Waals surface area contributed by atoms with E-state index < -0.39 is 0 Å². The zero-order valence-corrected chi connectivity index (χ0v) is 22.4. The van der Waals surface area contributed by atoms with Gasteiger partial charge in [-0.05, 0) is 46.2 Å². The summed E-state index contributed by atoms with van der Waals surface area (Å²) in [6, 6.07) is 28.7. The second-order valence-corrected chi connectivity index (χ2v) is 10.5. The van der Waals surface area contributed by atoms with E-state index >= 15 is 0 Å². The van der Waals surface area contributed by atoms with E-state index in [0.29, 0.717) is 27.6 Å². The van der Waals surface area contributed by atoms with Gasteiger partial charge in [-0.3, -0.25) is 0 Å². The van der Waals surface area contributed by atoms with Crippen LogP contribution in [0, 0.1) is 0 Å². The number of hydrogen-bond acceptors (Lipinski definition) is 2. The molecule has 0 aromatic heterocycles. The number of fused-ring (bicyclic) bond motifs is 3. The maximum atomic E-state index is 6.59. The van der Waals surface area contributed by atoms with Crippen LogP contribution in [0.2, 0.25) is 10.0 Å². The van der Waals surface area contributed by atoms with Crippen LogP contribution in [-0.4, -0.2) is 11.4 Å². The molecule has 0 atom stereocenters. The molecule has 0 spiro atoms. The van der Waals surface area contributed by atoms with Crippen LogP contribution in [0.15, 0.2) is 94.9 Å². The Balaban J connectivity index is 1.89. The highest BCUT2D eigenvalue weighted by Gasteiger charge is 2.28. The van der Waals surface area contributed by atoms with Crippen molar-refractivity contribution < 1.29 is 0 Å². The highest BCUT2D eigenvalue weighted by molar-refractivity contribution is 6.58. The number of rotatable bonds is 4. The average Bonchev–Trinajstić information content (AvgIpc) is 2.87. The summed E-state index contributed by atoms with van der Waals surface area (Å²) >= 11 is 13.2.